The number of hydrogen-bond donors (Lipinski definition) is 1. The molecule has 0 saturated carbocycles. The lowest BCUT2D eigenvalue weighted by Crippen LogP contribution is -2.45. The zero-order chi connectivity index (χ0) is 16.0. The summed E-state index contributed by atoms with van der Waals surface area (Å²) in [5.74, 6) is -0.851. The largest absolute Gasteiger partial charge is 0.468 e. The molecule has 0 fully saturated rings. The molecule has 21 heavy (non-hydrogen) atoms. The molecular weight excluding hydrogens is 292 g/mol. The van der Waals surface area contributed by atoms with Gasteiger partial charge < -0.3 is 4.74 Å². The number of carbonyl (C=O) groups is 1. The highest BCUT2D eigenvalue weighted by Gasteiger charge is 2.30. The minimum absolute atomic E-state index is 0.0567. The maximum atomic E-state index is 12.3. The van der Waals surface area contributed by atoms with Crippen LogP contribution in [0.5, 0.6) is 0 Å². The Hall–Kier alpha value is -1.91. The number of carbonyl (C=O) groups excluding carboxylic acids is 1. The van der Waals surface area contributed by atoms with E-state index in [4.69, 9.17) is 5.26 Å². The predicted octanol–water partition coefficient (Wildman–Crippen LogP) is 1.42. The highest BCUT2D eigenvalue weighted by molar-refractivity contribution is 7.89. The van der Waals surface area contributed by atoms with E-state index in [1.807, 2.05) is 13.0 Å². The van der Waals surface area contributed by atoms with Crippen molar-refractivity contribution in [3.63, 3.8) is 0 Å². The quantitative estimate of drug-likeness (QED) is 0.802. The van der Waals surface area contributed by atoms with Gasteiger partial charge in [0.25, 0.3) is 0 Å². The van der Waals surface area contributed by atoms with Crippen LogP contribution in [0.1, 0.15) is 25.8 Å². The van der Waals surface area contributed by atoms with Crippen molar-refractivity contribution in [3.05, 3.63) is 29.8 Å². The van der Waals surface area contributed by atoms with Gasteiger partial charge in [0.15, 0.2) is 0 Å². The molecule has 0 spiro atoms. The Morgan fingerprint density at radius 1 is 1.48 bits per heavy atom. The summed E-state index contributed by atoms with van der Waals surface area (Å²) in [4.78, 5) is 11.7. The Morgan fingerprint density at radius 3 is 2.67 bits per heavy atom. The lowest BCUT2D eigenvalue weighted by atomic mass is 10.0. The Bertz CT molecular complexity index is 649. The molecule has 7 heteroatoms. The first-order valence-electron chi connectivity index (χ1n) is 6.46. The molecule has 114 valence electrons. The third-order valence-corrected chi connectivity index (χ3v) is 4.66. The number of rotatable bonds is 6. The number of methoxy groups -OCH3 is 1. The van der Waals surface area contributed by atoms with Gasteiger partial charge in [-0.05, 0) is 24.1 Å². The minimum atomic E-state index is -3.90. The maximum absolute atomic E-state index is 12.3. The molecule has 0 aliphatic carbocycles. The normalized spacial score (nSPS) is 14.0. The lowest BCUT2D eigenvalue weighted by molar-refractivity contribution is -0.143. The van der Waals surface area contributed by atoms with Crippen LogP contribution in [0.2, 0.25) is 0 Å². The van der Waals surface area contributed by atoms with Gasteiger partial charge >= 0.3 is 5.97 Å². The van der Waals surface area contributed by atoms with E-state index in [2.05, 4.69) is 9.46 Å². The molecular formula is C14H18N2O4S. The molecule has 6 nitrogen and oxygen atoms in total. The van der Waals surface area contributed by atoms with E-state index < -0.39 is 22.0 Å². The summed E-state index contributed by atoms with van der Waals surface area (Å²) in [6, 6.07) is 6.52. The topological polar surface area (TPSA) is 96.3 Å². The van der Waals surface area contributed by atoms with Crippen molar-refractivity contribution in [2.45, 2.75) is 31.2 Å². The summed E-state index contributed by atoms with van der Waals surface area (Å²) in [5.41, 5.74) is 0.232. The fourth-order valence-electron chi connectivity index (χ4n) is 1.73. The first kappa shape index (κ1) is 17.1. The number of esters is 1. The van der Waals surface area contributed by atoms with E-state index in [1.165, 1.54) is 31.4 Å². The van der Waals surface area contributed by atoms with Crippen LogP contribution in [0.25, 0.3) is 0 Å². The number of hydrogen-bond acceptors (Lipinski definition) is 5. The summed E-state index contributed by atoms with van der Waals surface area (Å²) in [7, 11) is -2.69. The zero-order valence-electron chi connectivity index (χ0n) is 12.2. The molecule has 0 heterocycles. The van der Waals surface area contributed by atoms with Crippen LogP contribution in [-0.2, 0) is 19.6 Å². The Morgan fingerprint density at radius 2 is 2.14 bits per heavy atom. The van der Waals surface area contributed by atoms with Crippen LogP contribution >= 0.6 is 0 Å². The van der Waals surface area contributed by atoms with Crippen LogP contribution < -0.4 is 4.72 Å². The molecule has 0 bridgehead atoms. The molecule has 1 rings (SSSR count). The standard InChI is InChI=1S/C14H18N2O4S/c1-4-10(2)13(14(17)20-3)16-21(18,19)12-7-5-6-11(8-12)9-15/h5-8,10,13,16H,4H2,1-3H3/t10-,13+/m0/s1. The first-order chi connectivity index (χ1) is 9.85. The molecule has 1 N–H and O–H groups in total. The van der Waals surface area contributed by atoms with Crippen LogP contribution in [0.15, 0.2) is 29.2 Å². The SMILES string of the molecule is CC[C@H](C)[C@@H](NS(=O)(=O)c1cccc(C#N)c1)C(=O)OC. The molecule has 0 radical (unpaired) electrons. The Kier molecular flexibility index (Phi) is 5.88. The van der Waals surface area contributed by atoms with Gasteiger partial charge in [0.2, 0.25) is 10.0 Å². The fourth-order valence-corrected chi connectivity index (χ4v) is 3.07. The number of nitrogens with one attached hydrogen (secondary N) is 1. The zero-order valence-corrected chi connectivity index (χ0v) is 13.0. The smallest absolute Gasteiger partial charge is 0.324 e. The van der Waals surface area contributed by atoms with Crippen LogP contribution in [-0.4, -0.2) is 27.5 Å². The second kappa shape index (κ2) is 7.20. The van der Waals surface area contributed by atoms with Gasteiger partial charge in [-0.25, -0.2) is 8.42 Å². The molecule has 0 saturated heterocycles. The Balaban J connectivity index is 3.11. The molecule has 1 aromatic carbocycles. The van der Waals surface area contributed by atoms with Crippen LogP contribution in [0.3, 0.4) is 0 Å². The maximum Gasteiger partial charge on any atom is 0.324 e. The highest BCUT2D eigenvalue weighted by atomic mass is 32.2. The first-order valence-corrected chi connectivity index (χ1v) is 7.94. The van der Waals surface area contributed by atoms with Gasteiger partial charge in [-0.15, -0.1) is 0 Å². The van der Waals surface area contributed by atoms with Gasteiger partial charge in [-0.3, -0.25) is 4.79 Å². The molecule has 0 aromatic heterocycles. The van der Waals surface area contributed by atoms with E-state index in [1.54, 1.807) is 6.92 Å². The van der Waals surface area contributed by atoms with Gasteiger partial charge in [0.05, 0.1) is 23.6 Å². The van der Waals surface area contributed by atoms with E-state index >= 15 is 0 Å². The van der Waals surface area contributed by atoms with Crippen LogP contribution in [0, 0.1) is 17.2 Å². The van der Waals surface area contributed by atoms with E-state index in [0.29, 0.717) is 6.42 Å². The molecule has 1 aromatic rings. The van der Waals surface area contributed by atoms with E-state index in [9.17, 15) is 13.2 Å². The second-order valence-corrected chi connectivity index (χ2v) is 6.36. The van der Waals surface area contributed by atoms with Crippen molar-refractivity contribution < 1.29 is 17.9 Å². The third-order valence-electron chi connectivity index (χ3n) is 3.22. The number of nitriles is 1. The number of ether oxygens (including phenoxy) is 1. The molecule has 2 atom stereocenters. The summed E-state index contributed by atoms with van der Waals surface area (Å²) < 4.78 is 31.6. The van der Waals surface area contributed by atoms with Crippen molar-refractivity contribution in [1.82, 2.24) is 4.72 Å². The van der Waals surface area contributed by atoms with Crippen molar-refractivity contribution in [1.29, 1.82) is 5.26 Å². The highest BCUT2D eigenvalue weighted by Crippen LogP contribution is 2.15. The molecule has 0 unspecified atom stereocenters. The lowest BCUT2D eigenvalue weighted by Gasteiger charge is -2.21. The number of sulfonamides is 1. The van der Waals surface area contributed by atoms with Crippen LogP contribution in [0.4, 0.5) is 0 Å². The van der Waals surface area contributed by atoms with Gasteiger partial charge in [-0.1, -0.05) is 26.3 Å². The van der Waals surface area contributed by atoms with Gasteiger partial charge in [-0.2, -0.15) is 9.98 Å². The molecule has 0 amide bonds. The van der Waals surface area contributed by atoms with Crippen molar-refractivity contribution >= 4 is 16.0 Å². The van der Waals surface area contributed by atoms with Gasteiger partial charge in [0, 0.05) is 0 Å². The van der Waals surface area contributed by atoms with Crippen molar-refractivity contribution in [2.24, 2.45) is 5.92 Å². The Labute approximate surface area is 124 Å². The monoisotopic (exact) mass is 310 g/mol. The minimum Gasteiger partial charge on any atom is -0.468 e. The molecule has 0 aliphatic rings. The van der Waals surface area contributed by atoms with Gasteiger partial charge in [0.1, 0.15) is 6.04 Å². The predicted molar refractivity (Wildman–Crippen MR) is 76.7 cm³/mol. The van der Waals surface area contributed by atoms with E-state index in [0.717, 1.165) is 0 Å². The fraction of sp³-hybridized carbons (Fsp3) is 0.429. The summed E-state index contributed by atoms with van der Waals surface area (Å²) >= 11 is 0. The number of benzene rings is 1. The average molecular weight is 310 g/mol. The average Bonchev–Trinajstić information content (AvgIpc) is 2.51. The molecule has 0 aliphatic heterocycles. The number of nitrogens with zero attached hydrogens (tertiary/aromatic N) is 1. The summed E-state index contributed by atoms with van der Waals surface area (Å²) in [5, 5.41) is 8.82. The summed E-state index contributed by atoms with van der Waals surface area (Å²) in [6.07, 6.45) is 0.612. The summed E-state index contributed by atoms with van der Waals surface area (Å²) in [6.45, 7) is 3.61. The van der Waals surface area contributed by atoms with Crippen molar-refractivity contribution in [3.8, 4) is 6.07 Å². The van der Waals surface area contributed by atoms with Crippen molar-refractivity contribution in [2.75, 3.05) is 7.11 Å². The second-order valence-electron chi connectivity index (χ2n) is 4.65. The van der Waals surface area contributed by atoms with E-state index in [-0.39, 0.29) is 16.4 Å². The third kappa shape index (κ3) is 4.28.